The lowest BCUT2D eigenvalue weighted by Crippen LogP contribution is -2.27. The second-order valence-corrected chi connectivity index (χ2v) is 7.85. The Balaban J connectivity index is 1.62. The van der Waals surface area contributed by atoms with Crippen LogP contribution in [-0.2, 0) is 17.9 Å². The van der Waals surface area contributed by atoms with E-state index in [1.807, 2.05) is 115 Å². The molecular formula is C30H26N2O2. The van der Waals surface area contributed by atoms with Gasteiger partial charge in [0.25, 0.3) is 11.8 Å². The van der Waals surface area contributed by atoms with Crippen molar-refractivity contribution in [3.8, 4) is 0 Å². The summed E-state index contributed by atoms with van der Waals surface area (Å²) in [7, 11) is 0. The number of hydrogen-bond acceptors (Lipinski definition) is 2. The van der Waals surface area contributed by atoms with E-state index in [9.17, 15) is 9.59 Å². The van der Waals surface area contributed by atoms with Crippen molar-refractivity contribution < 1.29 is 9.59 Å². The van der Waals surface area contributed by atoms with E-state index in [4.69, 9.17) is 0 Å². The average molecular weight is 447 g/mol. The van der Waals surface area contributed by atoms with E-state index in [1.165, 1.54) is 0 Å². The highest BCUT2D eigenvalue weighted by atomic mass is 16.2. The summed E-state index contributed by atoms with van der Waals surface area (Å²) in [5.74, 6) is -0.467. The molecule has 0 saturated carbocycles. The normalized spacial score (nSPS) is 11.0. The topological polar surface area (TPSA) is 58.2 Å². The van der Waals surface area contributed by atoms with Gasteiger partial charge in [0.05, 0.1) is 0 Å². The molecule has 0 heterocycles. The van der Waals surface area contributed by atoms with E-state index >= 15 is 0 Å². The maximum absolute atomic E-state index is 13.4. The van der Waals surface area contributed by atoms with Crippen LogP contribution in [0, 0.1) is 0 Å². The molecule has 2 amide bonds. The first-order valence-electron chi connectivity index (χ1n) is 11.2. The van der Waals surface area contributed by atoms with Gasteiger partial charge in [-0.2, -0.15) is 0 Å². The molecule has 4 nitrogen and oxygen atoms in total. The van der Waals surface area contributed by atoms with Gasteiger partial charge in [0, 0.05) is 24.2 Å². The van der Waals surface area contributed by atoms with Crippen molar-refractivity contribution in [2.75, 3.05) is 0 Å². The Morgan fingerprint density at radius 2 is 1.03 bits per heavy atom. The van der Waals surface area contributed by atoms with Crippen LogP contribution in [0.1, 0.15) is 32.6 Å². The minimum Gasteiger partial charge on any atom is -0.348 e. The summed E-state index contributed by atoms with van der Waals surface area (Å²) in [6.07, 6.45) is 1.82. The molecule has 0 bridgehead atoms. The molecule has 0 atom stereocenters. The van der Waals surface area contributed by atoms with E-state index in [-0.39, 0.29) is 11.8 Å². The predicted molar refractivity (Wildman–Crippen MR) is 137 cm³/mol. The highest BCUT2D eigenvalue weighted by Crippen LogP contribution is 2.23. The van der Waals surface area contributed by atoms with Crippen molar-refractivity contribution in [1.29, 1.82) is 0 Å². The second kappa shape index (κ2) is 11.4. The van der Waals surface area contributed by atoms with E-state index in [0.29, 0.717) is 29.8 Å². The van der Waals surface area contributed by atoms with E-state index in [1.54, 1.807) is 6.07 Å². The summed E-state index contributed by atoms with van der Waals surface area (Å²) in [4.78, 5) is 26.5. The molecule has 0 aliphatic carbocycles. The Morgan fingerprint density at radius 1 is 0.559 bits per heavy atom. The van der Waals surface area contributed by atoms with Crippen LogP contribution in [0.3, 0.4) is 0 Å². The summed E-state index contributed by atoms with van der Waals surface area (Å²) in [6.45, 7) is 0.806. The SMILES string of the molecule is O=C(NCc1ccccc1)/C(=C\c1ccccc1)c1ccccc1C(=O)NCc1ccccc1. The zero-order chi connectivity index (χ0) is 23.6. The van der Waals surface area contributed by atoms with Crippen LogP contribution in [0.25, 0.3) is 11.6 Å². The number of benzene rings is 4. The van der Waals surface area contributed by atoms with Crippen molar-refractivity contribution in [2.45, 2.75) is 13.1 Å². The molecule has 4 aromatic carbocycles. The lowest BCUT2D eigenvalue weighted by molar-refractivity contribution is -0.115. The van der Waals surface area contributed by atoms with Gasteiger partial charge < -0.3 is 10.6 Å². The van der Waals surface area contributed by atoms with Gasteiger partial charge in [-0.3, -0.25) is 9.59 Å². The Labute approximate surface area is 200 Å². The van der Waals surface area contributed by atoms with E-state index < -0.39 is 0 Å². The number of carbonyl (C=O) groups excluding carboxylic acids is 2. The molecular weight excluding hydrogens is 420 g/mol. The summed E-state index contributed by atoms with van der Waals surface area (Å²) in [5, 5.41) is 5.98. The molecule has 0 fully saturated rings. The lowest BCUT2D eigenvalue weighted by Gasteiger charge is -2.14. The summed E-state index contributed by atoms with van der Waals surface area (Å²) in [6, 6.07) is 36.3. The quantitative estimate of drug-likeness (QED) is 0.278. The van der Waals surface area contributed by atoms with Gasteiger partial charge in [0.1, 0.15) is 0 Å². The predicted octanol–water partition coefficient (Wildman–Crippen LogP) is 5.47. The fourth-order valence-electron chi connectivity index (χ4n) is 3.64. The largest absolute Gasteiger partial charge is 0.348 e. The van der Waals surface area contributed by atoms with Crippen LogP contribution in [0.4, 0.5) is 0 Å². The Bertz CT molecular complexity index is 1270. The van der Waals surface area contributed by atoms with Gasteiger partial charge in [0.2, 0.25) is 0 Å². The molecule has 4 aromatic rings. The molecule has 0 spiro atoms. The molecule has 4 rings (SSSR count). The Hall–Kier alpha value is -4.44. The maximum Gasteiger partial charge on any atom is 0.252 e. The molecule has 0 unspecified atom stereocenters. The molecule has 2 N–H and O–H groups in total. The standard InChI is InChI=1S/C30H26N2O2/c33-29(31-21-24-14-6-2-7-15-24)27-19-11-10-18-26(27)28(20-23-12-4-1-5-13-23)30(34)32-22-25-16-8-3-9-17-25/h1-20H,21-22H2,(H,31,33)(H,32,34)/b28-20-. The molecule has 0 aliphatic heterocycles. The fraction of sp³-hybridized carbons (Fsp3) is 0.0667. The van der Waals surface area contributed by atoms with Crippen LogP contribution in [0.5, 0.6) is 0 Å². The van der Waals surface area contributed by atoms with E-state index in [0.717, 1.165) is 16.7 Å². The smallest absolute Gasteiger partial charge is 0.252 e. The maximum atomic E-state index is 13.4. The van der Waals surface area contributed by atoms with Gasteiger partial charge in [-0.25, -0.2) is 0 Å². The van der Waals surface area contributed by atoms with Gasteiger partial charge in [-0.1, -0.05) is 109 Å². The Kier molecular flexibility index (Phi) is 7.65. The number of carbonyl (C=O) groups is 2. The third kappa shape index (κ3) is 6.08. The Morgan fingerprint density at radius 3 is 1.62 bits per heavy atom. The number of nitrogens with one attached hydrogen (secondary N) is 2. The van der Waals surface area contributed by atoms with Crippen molar-refractivity contribution in [2.24, 2.45) is 0 Å². The molecule has 0 radical (unpaired) electrons. The van der Waals surface area contributed by atoms with E-state index in [2.05, 4.69) is 10.6 Å². The summed E-state index contributed by atoms with van der Waals surface area (Å²) in [5.41, 5.74) is 4.37. The third-order valence-corrected chi connectivity index (χ3v) is 5.41. The first-order chi connectivity index (χ1) is 16.7. The lowest BCUT2D eigenvalue weighted by atomic mass is 9.96. The summed E-state index contributed by atoms with van der Waals surface area (Å²) < 4.78 is 0. The number of rotatable bonds is 8. The first-order valence-corrected chi connectivity index (χ1v) is 11.2. The minimum absolute atomic E-state index is 0.228. The fourth-order valence-corrected chi connectivity index (χ4v) is 3.64. The molecule has 4 heteroatoms. The molecule has 168 valence electrons. The number of hydrogen-bond donors (Lipinski definition) is 2. The van der Waals surface area contributed by atoms with Gasteiger partial charge in [0.15, 0.2) is 0 Å². The monoisotopic (exact) mass is 446 g/mol. The minimum atomic E-state index is -0.240. The van der Waals surface area contributed by atoms with Crippen LogP contribution < -0.4 is 10.6 Å². The molecule has 34 heavy (non-hydrogen) atoms. The van der Waals surface area contributed by atoms with Gasteiger partial charge in [-0.15, -0.1) is 0 Å². The average Bonchev–Trinajstić information content (AvgIpc) is 2.91. The van der Waals surface area contributed by atoms with Crippen LogP contribution >= 0.6 is 0 Å². The van der Waals surface area contributed by atoms with Crippen molar-refractivity contribution in [3.63, 3.8) is 0 Å². The van der Waals surface area contributed by atoms with Crippen LogP contribution in [0.15, 0.2) is 115 Å². The molecule has 0 aliphatic rings. The number of amides is 2. The van der Waals surface area contributed by atoms with Crippen LogP contribution in [-0.4, -0.2) is 11.8 Å². The van der Waals surface area contributed by atoms with Gasteiger partial charge >= 0.3 is 0 Å². The summed E-state index contributed by atoms with van der Waals surface area (Å²) >= 11 is 0. The first kappa shape index (κ1) is 22.7. The highest BCUT2D eigenvalue weighted by molar-refractivity contribution is 6.26. The van der Waals surface area contributed by atoms with Crippen molar-refractivity contribution >= 4 is 23.5 Å². The third-order valence-electron chi connectivity index (χ3n) is 5.41. The van der Waals surface area contributed by atoms with Crippen molar-refractivity contribution in [1.82, 2.24) is 10.6 Å². The van der Waals surface area contributed by atoms with Crippen molar-refractivity contribution in [3.05, 3.63) is 143 Å². The molecule has 0 aromatic heterocycles. The molecule has 0 saturated heterocycles. The second-order valence-electron chi connectivity index (χ2n) is 7.85. The highest BCUT2D eigenvalue weighted by Gasteiger charge is 2.19. The zero-order valence-corrected chi connectivity index (χ0v) is 18.8. The van der Waals surface area contributed by atoms with Gasteiger partial charge in [-0.05, 0) is 34.4 Å². The van der Waals surface area contributed by atoms with Crippen LogP contribution in [0.2, 0.25) is 0 Å². The zero-order valence-electron chi connectivity index (χ0n) is 18.8.